The minimum atomic E-state index is 0.118. The molecule has 0 saturated carbocycles. The number of amides is 1. The van der Waals surface area contributed by atoms with Crippen LogP contribution in [0.4, 0.5) is 0 Å². The molecule has 1 heterocycles. The smallest absolute Gasteiger partial charge is 0.224 e. The summed E-state index contributed by atoms with van der Waals surface area (Å²) >= 11 is 0. The third-order valence-electron chi connectivity index (χ3n) is 3.41. The van der Waals surface area contributed by atoms with Crippen LogP contribution in [-0.2, 0) is 11.2 Å². The zero-order chi connectivity index (χ0) is 12.8. The van der Waals surface area contributed by atoms with Gasteiger partial charge < -0.3 is 10.6 Å². The van der Waals surface area contributed by atoms with Crippen LogP contribution in [0.15, 0.2) is 24.3 Å². The van der Waals surface area contributed by atoms with Crippen LogP contribution >= 0.6 is 0 Å². The van der Waals surface area contributed by atoms with Gasteiger partial charge in [-0.05, 0) is 31.9 Å². The van der Waals surface area contributed by atoms with Crippen molar-refractivity contribution in [3.05, 3.63) is 35.4 Å². The first-order valence-corrected chi connectivity index (χ1v) is 6.79. The Morgan fingerprint density at radius 3 is 3.06 bits per heavy atom. The number of hydrogen-bond donors (Lipinski definition) is 2. The van der Waals surface area contributed by atoms with Gasteiger partial charge in [0, 0.05) is 12.6 Å². The molecule has 3 nitrogen and oxygen atoms in total. The lowest BCUT2D eigenvalue weighted by atomic mass is 10.0. The number of aryl methyl sites for hydroxylation is 1. The topological polar surface area (TPSA) is 41.1 Å². The van der Waals surface area contributed by atoms with Gasteiger partial charge in [0.1, 0.15) is 0 Å². The molecular formula is C15H22N2O. The molecule has 18 heavy (non-hydrogen) atoms. The maximum absolute atomic E-state index is 11.8. The fraction of sp³-hybridized carbons (Fsp3) is 0.533. The first kappa shape index (κ1) is 13.1. The monoisotopic (exact) mass is 246 g/mol. The minimum absolute atomic E-state index is 0.118. The predicted molar refractivity (Wildman–Crippen MR) is 73.5 cm³/mol. The van der Waals surface area contributed by atoms with Gasteiger partial charge in [0.15, 0.2) is 0 Å². The number of carbonyl (C=O) groups excluding carboxylic acids is 1. The van der Waals surface area contributed by atoms with Crippen molar-refractivity contribution >= 4 is 5.91 Å². The normalized spacial score (nSPS) is 19.5. The van der Waals surface area contributed by atoms with Gasteiger partial charge in [-0.1, -0.05) is 36.2 Å². The molecule has 1 saturated heterocycles. The van der Waals surface area contributed by atoms with E-state index in [1.54, 1.807) is 0 Å². The molecule has 3 heteroatoms. The molecule has 1 aliphatic heterocycles. The van der Waals surface area contributed by atoms with Crippen LogP contribution in [0.5, 0.6) is 0 Å². The Morgan fingerprint density at radius 2 is 2.33 bits per heavy atom. The standard InChI is InChI=1S/C15H22N2O/c1-12-5-4-6-13(9-12)10-15(18)17-11-14-7-2-3-8-16-14/h4-6,9,14,16H,2-3,7-8,10-11H2,1H3,(H,17,18). The van der Waals surface area contributed by atoms with E-state index in [1.807, 2.05) is 25.1 Å². The van der Waals surface area contributed by atoms with Crippen LogP contribution in [-0.4, -0.2) is 25.0 Å². The highest BCUT2D eigenvalue weighted by Gasteiger charge is 2.13. The van der Waals surface area contributed by atoms with Crippen molar-refractivity contribution < 1.29 is 4.79 Å². The van der Waals surface area contributed by atoms with Crippen LogP contribution in [0.1, 0.15) is 30.4 Å². The number of rotatable bonds is 4. The molecule has 1 aliphatic rings. The van der Waals surface area contributed by atoms with Crippen molar-refractivity contribution in [2.24, 2.45) is 0 Å². The molecule has 0 radical (unpaired) electrons. The zero-order valence-corrected chi connectivity index (χ0v) is 11.0. The third kappa shape index (κ3) is 4.15. The second-order valence-electron chi connectivity index (χ2n) is 5.12. The molecule has 1 amide bonds. The summed E-state index contributed by atoms with van der Waals surface area (Å²) in [5.74, 6) is 0.118. The quantitative estimate of drug-likeness (QED) is 0.850. The highest BCUT2D eigenvalue weighted by Crippen LogP contribution is 2.07. The van der Waals surface area contributed by atoms with E-state index in [4.69, 9.17) is 0 Å². The van der Waals surface area contributed by atoms with Gasteiger partial charge in [0.05, 0.1) is 6.42 Å². The zero-order valence-electron chi connectivity index (χ0n) is 11.0. The lowest BCUT2D eigenvalue weighted by Gasteiger charge is -2.23. The largest absolute Gasteiger partial charge is 0.354 e. The van der Waals surface area contributed by atoms with Crippen molar-refractivity contribution in [2.45, 2.75) is 38.6 Å². The fourth-order valence-corrected chi connectivity index (χ4v) is 2.41. The number of nitrogens with one attached hydrogen (secondary N) is 2. The van der Waals surface area contributed by atoms with Crippen molar-refractivity contribution in [1.29, 1.82) is 0 Å². The second-order valence-corrected chi connectivity index (χ2v) is 5.12. The highest BCUT2D eigenvalue weighted by atomic mass is 16.1. The van der Waals surface area contributed by atoms with E-state index in [2.05, 4.69) is 16.7 Å². The van der Waals surface area contributed by atoms with Gasteiger partial charge in [-0.25, -0.2) is 0 Å². The van der Waals surface area contributed by atoms with Gasteiger partial charge in [0.2, 0.25) is 5.91 Å². The molecule has 0 aliphatic carbocycles. The second kappa shape index (κ2) is 6.55. The Hall–Kier alpha value is -1.35. The Balaban J connectivity index is 1.74. The van der Waals surface area contributed by atoms with E-state index in [-0.39, 0.29) is 5.91 Å². The van der Waals surface area contributed by atoms with Gasteiger partial charge in [-0.2, -0.15) is 0 Å². The van der Waals surface area contributed by atoms with Crippen molar-refractivity contribution in [3.8, 4) is 0 Å². The van der Waals surface area contributed by atoms with Crippen LogP contribution in [0, 0.1) is 6.92 Å². The summed E-state index contributed by atoms with van der Waals surface area (Å²) in [5.41, 5.74) is 2.29. The summed E-state index contributed by atoms with van der Waals surface area (Å²) in [4.78, 5) is 11.8. The Morgan fingerprint density at radius 1 is 1.44 bits per heavy atom. The Kier molecular flexibility index (Phi) is 4.76. The van der Waals surface area contributed by atoms with Crippen molar-refractivity contribution in [3.63, 3.8) is 0 Å². The molecule has 1 aromatic carbocycles. The molecule has 0 bridgehead atoms. The molecule has 1 unspecified atom stereocenters. The first-order valence-electron chi connectivity index (χ1n) is 6.79. The lowest BCUT2D eigenvalue weighted by Crippen LogP contribution is -2.43. The Labute approximate surface area is 109 Å². The van der Waals surface area contributed by atoms with Crippen LogP contribution in [0.2, 0.25) is 0 Å². The third-order valence-corrected chi connectivity index (χ3v) is 3.41. The van der Waals surface area contributed by atoms with E-state index >= 15 is 0 Å². The summed E-state index contributed by atoms with van der Waals surface area (Å²) in [5, 5.41) is 6.45. The van der Waals surface area contributed by atoms with E-state index in [0.29, 0.717) is 12.5 Å². The molecule has 1 atom stereocenters. The van der Waals surface area contributed by atoms with E-state index in [9.17, 15) is 4.79 Å². The minimum Gasteiger partial charge on any atom is -0.354 e. The molecule has 0 spiro atoms. The molecule has 2 N–H and O–H groups in total. The fourth-order valence-electron chi connectivity index (χ4n) is 2.41. The van der Waals surface area contributed by atoms with Crippen LogP contribution in [0.3, 0.4) is 0 Å². The maximum atomic E-state index is 11.8. The average molecular weight is 246 g/mol. The van der Waals surface area contributed by atoms with Crippen molar-refractivity contribution in [1.82, 2.24) is 10.6 Å². The number of benzene rings is 1. The molecule has 0 aromatic heterocycles. The lowest BCUT2D eigenvalue weighted by molar-refractivity contribution is -0.120. The average Bonchev–Trinajstić information content (AvgIpc) is 2.38. The molecule has 2 rings (SSSR count). The number of piperidine rings is 1. The van der Waals surface area contributed by atoms with Gasteiger partial charge in [-0.15, -0.1) is 0 Å². The predicted octanol–water partition coefficient (Wildman–Crippen LogP) is 1.80. The van der Waals surface area contributed by atoms with E-state index in [0.717, 1.165) is 18.7 Å². The summed E-state index contributed by atoms with van der Waals surface area (Å²) in [6.07, 6.45) is 4.18. The van der Waals surface area contributed by atoms with E-state index < -0.39 is 0 Å². The summed E-state index contributed by atoms with van der Waals surface area (Å²) < 4.78 is 0. The molecule has 1 fully saturated rings. The highest BCUT2D eigenvalue weighted by molar-refractivity contribution is 5.78. The summed E-state index contributed by atoms with van der Waals surface area (Å²) in [7, 11) is 0. The number of hydrogen-bond acceptors (Lipinski definition) is 2. The molecular weight excluding hydrogens is 224 g/mol. The SMILES string of the molecule is Cc1cccc(CC(=O)NCC2CCCCN2)c1. The van der Waals surface area contributed by atoms with Gasteiger partial charge in [-0.3, -0.25) is 4.79 Å². The van der Waals surface area contributed by atoms with Crippen LogP contribution in [0.25, 0.3) is 0 Å². The summed E-state index contributed by atoms with van der Waals surface area (Å²) in [6, 6.07) is 8.58. The van der Waals surface area contributed by atoms with Crippen molar-refractivity contribution in [2.75, 3.05) is 13.1 Å². The van der Waals surface area contributed by atoms with Gasteiger partial charge in [0.25, 0.3) is 0 Å². The first-order chi connectivity index (χ1) is 8.74. The maximum Gasteiger partial charge on any atom is 0.224 e. The van der Waals surface area contributed by atoms with Crippen LogP contribution < -0.4 is 10.6 Å². The Bertz CT molecular complexity index is 397. The molecule has 98 valence electrons. The summed E-state index contributed by atoms with van der Waals surface area (Å²) in [6.45, 7) is 3.89. The van der Waals surface area contributed by atoms with E-state index in [1.165, 1.54) is 24.8 Å². The van der Waals surface area contributed by atoms with Gasteiger partial charge >= 0.3 is 0 Å². The number of carbonyl (C=O) groups is 1. The molecule has 1 aromatic rings.